The van der Waals surface area contributed by atoms with Gasteiger partial charge in [-0.3, -0.25) is 0 Å². The number of rotatable bonds is 5. The third-order valence-corrected chi connectivity index (χ3v) is 3.48. The second kappa shape index (κ2) is 6.10. The summed E-state index contributed by atoms with van der Waals surface area (Å²) in [6.07, 6.45) is 3.56. The van der Waals surface area contributed by atoms with Gasteiger partial charge in [0.05, 0.1) is 7.11 Å². The van der Waals surface area contributed by atoms with E-state index in [1.807, 2.05) is 12.1 Å². The third-order valence-electron chi connectivity index (χ3n) is 3.48. The molecule has 2 atom stereocenters. The standard InChI is InChI=1S/C15H23NO2/c1-4-8-16-14-10-11(5-2)18-15-7-6-12(17-3)9-13(14)15/h6-7,9,11,14,16H,4-5,8,10H2,1-3H3. The van der Waals surface area contributed by atoms with Crippen molar-refractivity contribution >= 4 is 0 Å². The minimum Gasteiger partial charge on any atom is -0.497 e. The van der Waals surface area contributed by atoms with Crippen molar-refractivity contribution in [3.8, 4) is 11.5 Å². The molecule has 1 aliphatic heterocycles. The van der Waals surface area contributed by atoms with Gasteiger partial charge < -0.3 is 14.8 Å². The highest BCUT2D eigenvalue weighted by molar-refractivity contribution is 5.43. The molecule has 18 heavy (non-hydrogen) atoms. The normalized spacial score (nSPS) is 22.2. The number of methoxy groups -OCH3 is 1. The Hall–Kier alpha value is -1.22. The van der Waals surface area contributed by atoms with Crippen LogP contribution in [0, 0.1) is 0 Å². The Kier molecular flexibility index (Phi) is 4.48. The van der Waals surface area contributed by atoms with Gasteiger partial charge in [-0.2, -0.15) is 0 Å². The number of fused-ring (bicyclic) bond motifs is 1. The van der Waals surface area contributed by atoms with Crippen LogP contribution >= 0.6 is 0 Å². The summed E-state index contributed by atoms with van der Waals surface area (Å²) in [7, 11) is 1.70. The van der Waals surface area contributed by atoms with Crippen LogP contribution in [0.4, 0.5) is 0 Å². The van der Waals surface area contributed by atoms with E-state index in [0.29, 0.717) is 12.1 Å². The Balaban J connectivity index is 2.25. The van der Waals surface area contributed by atoms with E-state index in [9.17, 15) is 0 Å². The van der Waals surface area contributed by atoms with Crippen molar-refractivity contribution < 1.29 is 9.47 Å². The van der Waals surface area contributed by atoms with E-state index in [-0.39, 0.29) is 0 Å². The molecule has 0 saturated heterocycles. The molecule has 0 fully saturated rings. The predicted octanol–water partition coefficient (Wildman–Crippen LogP) is 3.30. The lowest BCUT2D eigenvalue weighted by atomic mass is 9.95. The number of nitrogens with one attached hydrogen (secondary N) is 1. The zero-order chi connectivity index (χ0) is 13.0. The highest BCUT2D eigenvalue weighted by Gasteiger charge is 2.27. The van der Waals surface area contributed by atoms with Crippen molar-refractivity contribution in [2.75, 3.05) is 13.7 Å². The minimum absolute atomic E-state index is 0.320. The summed E-state index contributed by atoms with van der Waals surface area (Å²) in [5.41, 5.74) is 1.23. The first kappa shape index (κ1) is 13.2. The molecule has 0 aromatic heterocycles. The smallest absolute Gasteiger partial charge is 0.124 e. The van der Waals surface area contributed by atoms with Crippen LogP contribution in [-0.2, 0) is 0 Å². The first-order valence-electron chi connectivity index (χ1n) is 6.86. The molecular weight excluding hydrogens is 226 g/mol. The van der Waals surface area contributed by atoms with Gasteiger partial charge in [0.25, 0.3) is 0 Å². The van der Waals surface area contributed by atoms with Crippen molar-refractivity contribution in [2.24, 2.45) is 0 Å². The number of benzene rings is 1. The van der Waals surface area contributed by atoms with Crippen molar-refractivity contribution in [1.82, 2.24) is 5.32 Å². The summed E-state index contributed by atoms with van der Waals surface area (Å²) >= 11 is 0. The van der Waals surface area contributed by atoms with Crippen LogP contribution in [0.2, 0.25) is 0 Å². The Morgan fingerprint density at radius 2 is 2.22 bits per heavy atom. The summed E-state index contributed by atoms with van der Waals surface area (Å²) in [5, 5.41) is 3.61. The third kappa shape index (κ3) is 2.78. The number of hydrogen-bond acceptors (Lipinski definition) is 3. The molecule has 0 aliphatic carbocycles. The average Bonchev–Trinajstić information content (AvgIpc) is 2.43. The fraction of sp³-hybridized carbons (Fsp3) is 0.600. The molecule has 0 amide bonds. The fourth-order valence-corrected chi connectivity index (χ4v) is 2.41. The summed E-state index contributed by atoms with van der Waals surface area (Å²) in [4.78, 5) is 0. The van der Waals surface area contributed by atoms with Crippen LogP contribution in [-0.4, -0.2) is 19.8 Å². The Morgan fingerprint density at radius 1 is 1.39 bits per heavy atom. The van der Waals surface area contributed by atoms with Crippen LogP contribution in [0.15, 0.2) is 18.2 Å². The maximum Gasteiger partial charge on any atom is 0.124 e. The molecule has 0 bridgehead atoms. The first-order valence-corrected chi connectivity index (χ1v) is 6.86. The van der Waals surface area contributed by atoms with Crippen LogP contribution in [0.5, 0.6) is 11.5 Å². The summed E-state index contributed by atoms with van der Waals surface area (Å²) in [5.74, 6) is 1.90. The van der Waals surface area contributed by atoms with E-state index in [1.54, 1.807) is 7.11 Å². The molecule has 0 saturated carbocycles. The van der Waals surface area contributed by atoms with Crippen molar-refractivity contribution in [3.63, 3.8) is 0 Å². The summed E-state index contributed by atoms with van der Waals surface area (Å²) in [6, 6.07) is 6.47. The lowest BCUT2D eigenvalue weighted by Gasteiger charge is -2.32. The van der Waals surface area contributed by atoms with Gasteiger partial charge in [0, 0.05) is 18.0 Å². The van der Waals surface area contributed by atoms with Gasteiger partial charge in [0.1, 0.15) is 17.6 Å². The second-order valence-corrected chi connectivity index (χ2v) is 4.79. The molecule has 1 heterocycles. The van der Waals surface area contributed by atoms with E-state index >= 15 is 0 Å². The average molecular weight is 249 g/mol. The SMILES string of the molecule is CCCNC1CC(CC)Oc2ccc(OC)cc21. The minimum atomic E-state index is 0.320. The molecule has 1 aromatic carbocycles. The summed E-state index contributed by atoms with van der Waals surface area (Å²) < 4.78 is 11.3. The largest absolute Gasteiger partial charge is 0.497 e. The van der Waals surface area contributed by atoms with Crippen LogP contribution in [0.3, 0.4) is 0 Å². The number of hydrogen-bond donors (Lipinski definition) is 1. The quantitative estimate of drug-likeness (QED) is 0.868. The molecule has 2 unspecified atom stereocenters. The fourth-order valence-electron chi connectivity index (χ4n) is 2.41. The zero-order valence-corrected chi connectivity index (χ0v) is 11.5. The number of ether oxygens (including phenoxy) is 2. The molecule has 100 valence electrons. The van der Waals surface area contributed by atoms with E-state index in [1.165, 1.54) is 5.56 Å². The van der Waals surface area contributed by atoms with Gasteiger partial charge in [0.15, 0.2) is 0 Å². The molecule has 3 heteroatoms. The molecule has 3 nitrogen and oxygen atoms in total. The van der Waals surface area contributed by atoms with Crippen molar-refractivity contribution in [3.05, 3.63) is 23.8 Å². The molecule has 2 rings (SSSR count). The Labute approximate surface area is 109 Å². The molecule has 0 radical (unpaired) electrons. The van der Waals surface area contributed by atoms with E-state index in [4.69, 9.17) is 9.47 Å². The van der Waals surface area contributed by atoms with E-state index in [0.717, 1.165) is 37.3 Å². The van der Waals surface area contributed by atoms with Gasteiger partial charge >= 0.3 is 0 Å². The highest BCUT2D eigenvalue weighted by Crippen LogP contribution is 2.37. The molecule has 1 N–H and O–H groups in total. The van der Waals surface area contributed by atoms with Gasteiger partial charge in [-0.05, 0) is 37.6 Å². The monoisotopic (exact) mass is 249 g/mol. The van der Waals surface area contributed by atoms with Gasteiger partial charge in [-0.25, -0.2) is 0 Å². The van der Waals surface area contributed by atoms with E-state index < -0.39 is 0 Å². The van der Waals surface area contributed by atoms with E-state index in [2.05, 4.69) is 25.2 Å². The predicted molar refractivity (Wildman–Crippen MR) is 73.4 cm³/mol. The van der Waals surface area contributed by atoms with Crippen molar-refractivity contribution in [1.29, 1.82) is 0 Å². The van der Waals surface area contributed by atoms with Crippen LogP contribution in [0.1, 0.15) is 44.7 Å². The Bertz CT molecular complexity index is 392. The van der Waals surface area contributed by atoms with Gasteiger partial charge in [-0.1, -0.05) is 13.8 Å². The van der Waals surface area contributed by atoms with Crippen molar-refractivity contribution in [2.45, 2.75) is 45.3 Å². The lowest BCUT2D eigenvalue weighted by molar-refractivity contribution is 0.145. The molecular formula is C15H23NO2. The first-order chi connectivity index (χ1) is 8.78. The topological polar surface area (TPSA) is 30.5 Å². The van der Waals surface area contributed by atoms with Gasteiger partial charge in [0.2, 0.25) is 0 Å². The lowest BCUT2D eigenvalue weighted by Crippen LogP contribution is -2.33. The molecule has 1 aliphatic rings. The van der Waals surface area contributed by atoms with Gasteiger partial charge in [-0.15, -0.1) is 0 Å². The molecule has 0 spiro atoms. The summed E-state index contributed by atoms with van der Waals surface area (Å²) in [6.45, 7) is 5.41. The zero-order valence-electron chi connectivity index (χ0n) is 11.5. The second-order valence-electron chi connectivity index (χ2n) is 4.79. The Morgan fingerprint density at radius 3 is 2.89 bits per heavy atom. The van der Waals surface area contributed by atoms with Crippen LogP contribution < -0.4 is 14.8 Å². The maximum atomic E-state index is 6.00. The molecule has 1 aromatic rings. The highest BCUT2D eigenvalue weighted by atomic mass is 16.5. The van der Waals surface area contributed by atoms with Crippen LogP contribution in [0.25, 0.3) is 0 Å². The maximum absolute atomic E-state index is 6.00.